The predicted molar refractivity (Wildman–Crippen MR) is 41.5 cm³/mol. The molecule has 0 saturated heterocycles. The minimum atomic E-state index is 0. The molecular formula is C6H9ClN2. The van der Waals surface area contributed by atoms with Crippen molar-refractivity contribution < 1.29 is 1.41 Å². The Morgan fingerprint density at radius 3 is 2.22 bits per heavy atom. The van der Waals surface area contributed by atoms with Gasteiger partial charge in [-0.3, -0.25) is 5.84 Å². The van der Waals surface area contributed by atoms with E-state index in [1.165, 1.54) is 0 Å². The summed E-state index contributed by atoms with van der Waals surface area (Å²) in [5.41, 5.74) is 1.53. The Labute approximate surface area is 61.9 Å². The van der Waals surface area contributed by atoms with Gasteiger partial charge in [-0.1, -0.05) is 18.2 Å². The zero-order valence-corrected chi connectivity index (χ0v) is 5.64. The van der Waals surface area contributed by atoms with Crippen LogP contribution in [0.15, 0.2) is 30.3 Å². The maximum Gasteiger partial charge on any atom is 0.181 e. The molecule has 0 spiro atoms. The zero-order valence-electron chi connectivity index (χ0n) is 5.82. The first-order valence-electron chi connectivity index (χ1n) is 2.84. The quantitative estimate of drug-likeness (QED) is 0.463. The summed E-state index contributed by atoms with van der Waals surface area (Å²) >= 11 is 0. The van der Waals surface area contributed by atoms with E-state index in [1.807, 2.05) is 18.2 Å². The number of hydrogen-bond donors (Lipinski definition) is 2. The van der Waals surface area contributed by atoms with Crippen LogP contribution in [-0.4, -0.2) is 0 Å². The van der Waals surface area contributed by atoms with Crippen molar-refractivity contribution in [1.82, 2.24) is 0 Å². The molecule has 0 heterocycles. The third-order valence-electron chi connectivity index (χ3n) is 0.905. The van der Waals surface area contributed by atoms with Gasteiger partial charge < -0.3 is 5.42 Å². The van der Waals surface area contributed by atoms with Crippen molar-refractivity contribution in [1.29, 1.82) is 0 Å². The number of benzene rings is 1. The number of anilines is 1. The van der Waals surface area contributed by atoms with Crippen LogP contribution in [0.25, 0.3) is 0 Å². The smallest absolute Gasteiger partial charge is 0.181 e. The molecule has 9 heavy (non-hydrogen) atoms. The molecule has 1 aromatic rings. The number of halogens is 1. The molecule has 3 heteroatoms. The molecule has 0 bridgehead atoms. The van der Waals surface area contributed by atoms with Gasteiger partial charge in [-0.05, 0) is 12.1 Å². The van der Waals surface area contributed by atoms with E-state index in [4.69, 9.17) is 7.25 Å². The summed E-state index contributed by atoms with van der Waals surface area (Å²) in [6.45, 7) is 0. The van der Waals surface area contributed by atoms with Crippen molar-refractivity contribution in [2.75, 3.05) is 5.42 Å². The average Bonchev–Trinajstić information content (AvgIpc) is 1.90. The van der Waals surface area contributed by atoms with E-state index in [0.717, 1.165) is 5.42 Å². The van der Waals surface area contributed by atoms with Gasteiger partial charge in [0.25, 0.3) is 0 Å². The van der Waals surface area contributed by atoms with Gasteiger partial charge in [0, 0.05) is 5.69 Å². The third kappa shape index (κ3) is 2.35. The van der Waals surface area contributed by atoms with Crippen molar-refractivity contribution in [2.24, 2.45) is 5.84 Å². The first-order chi connectivity index (χ1) is 4.30. The fourth-order valence-corrected chi connectivity index (χ4v) is 0.514. The number of nitrogens with two attached hydrogens (primary N) is 1. The van der Waals surface area contributed by atoms with Gasteiger partial charge in [0.2, 0.25) is 0 Å². The second kappa shape index (κ2) is 4.18. The highest BCUT2D eigenvalue weighted by atomic mass is 35.5. The zero-order chi connectivity index (χ0) is 6.69. The van der Waals surface area contributed by atoms with E-state index in [0.29, 0.717) is 5.69 Å². The molecule has 0 radical (unpaired) electrons. The van der Waals surface area contributed by atoms with Crippen molar-refractivity contribution >= 4 is 18.1 Å². The molecule has 1 aromatic carbocycles. The molecule has 0 amide bonds. The first kappa shape index (κ1) is 6.39. The molecule has 2 nitrogen and oxygen atoms in total. The van der Waals surface area contributed by atoms with Crippen LogP contribution < -0.4 is 11.3 Å². The minimum Gasteiger partial charge on any atom is -0.324 e. The van der Waals surface area contributed by atoms with E-state index in [9.17, 15) is 0 Å². The molecule has 0 aliphatic rings. The summed E-state index contributed by atoms with van der Waals surface area (Å²) in [7, 11) is 0. The van der Waals surface area contributed by atoms with Gasteiger partial charge in [0.1, 0.15) is 0 Å². The number of para-hydroxylation sites is 1. The second-order valence-electron chi connectivity index (χ2n) is 1.46. The van der Waals surface area contributed by atoms with Crippen LogP contribution in [0, 0.1) is 0 Å². The molecular weight excluding hydrogens is 136 g/mol. The van der Waals surface area contributed by atoms with Crippen molar-refractivity contribution in [2.45, 2.75) is 0 Å². The topological polar surface area (TPSA) is 38.0 Å². The number of nitrogens with one attached hydrogen (secondary N) is 1. The van der Waals surface area contributed by atoms with Crippen molar-refractivity contribution in [3.05, 3.63) is 30.3 Å². The molecule has 0 unspecified atom stereocenters. The van der Waals surface area contributed by atoms with Crippen LogP contribution in [-0.2, 0) is 0 Å². The summed E-state index contributed by atoms with van der Waals surface area (Å²) in [5, 5.41) is 0. The SMILES string of the molecule is Cl.[2H]N(N)c1ccccc1. The van der Waals surface area contributed by atoms with E-state index >= 15 is 0 Å². The number of rotatable bonds is 1. The number of nitrogen functional groups attached to an aromatic ring is 1. The first-order valence-corrected chi connectivity index (χ1v) is 2.39. The normalized spacial score (nSPS) is 9.22. The molecule has 0 aromatic heterocycles. The molecule has 0 fully saturated rings. The van der Waals surface area contributed by atoms with Crippen LogP contribution in [0.1, 0.15) is 0 Å². The van der Waals surface area contributed by atoms with Crippen LogP contribution in [0.5, 0.6) is 0 Å². The van der Waals surface area contributed by atoms with Crippen LogP contribution >= 0.6 is 12.4 Å². The Morgan fingerprint density at radius 2 is 1.89 bits per heavy atom. The molecule has 1 rings (SSSR count). The van der Waals surface area contributed by atoms with Gasteiger partial charge in [0.15, 0.2) is 1.41 Å². The van der Waals surface area contributed by atoms with Gasteiger partial charge >= 0.3 is 0 Å². The Morgan fingerprint density at radius 1 is 1.33 bits per heavy atom. The highest BCUT2D eigenvalue weighted by molar-refractivity contribution is 5.85. The predicted octanol–water partition coefficient (Wildman–Crippen LogP) is 1.39. The molecule has 0 aliphatic carbocycles. The maximum absolute atomic E-state index is 6.93. The Bertz CT molecular complexity index is 178. The second-order valence-corrected chi connectivity index (χ2v) is 1.46. The maximum atomic E-state index is 6.93. The lowest BCUT2D eigenvalue weighted by Crippen LogP contribution is -2.05. The Kier molecular flexibility index (Phi) is 2.97. The van der Waals surface area contributed by atoms with Gasteiger partial charge in [-0.2, -0.15) is 0 Å². The van der Waals surface area contributed by atoms with Crippen molar-refractivity contribution in [3.8, 4) is 0 Å². The van der Waals surface area contributed by atoms with Gasteiger partial charge in [-0.25, -0.2) is 0 Å². The fraction of sp³-hybridized carbons (Fsp3) is 0. The molecule has 3 N–H and O–H groups in total. The summed E-state index contributed by atoms with van der Waals surface area (Å²) < 4.78 is 6.93. The van der Waals surface area contributed by atoms with Crippen molar-refractivity contribution in [3.63, 3.8) is 0 Å². The lowest BCUT2D eigenvalue weighted by atomic mass is 10.3. The van der Waals surface area contributed by atoms with E-state index in [2.05, 4.69) is 0 Å². The molecule has 0 aliphatic heterocycles. The Hall–Kier alpha value is -0.730. The van der Waals surface area contributed by atoms with Crippen LogP contribution in [0.3, 0.4) is 0 Å². The summed E-state index contributed by atoms with van der Waals surface area (Å²) in [4.78, 5) is 0. The van der Waals surface area contributed by atoms with E-state index in [-0.39, 0.29) is 12.4 Å². The monoisotopic (exact) mass is 145 g/mol. The van der Waals surface area contributed by atoms with E-state index in [1.54, 1.807) is 12.1 Å². The largest absolute Gasteiger partial charge is 0.324 e. The van der Waals surface area contributed by atoms with Crippen LogP contribution in [0.4, 0.5) is 5.69 Å². The Balaban J connectivity index is 0.000000810. The molecule has 0 atom stereocenters. The lowest BCUT2D eigenvalue weighted by Gasteiger charge is -1.94. The van der Waals surface area contributed by atoms with E-state index < -0.39 is 0 Å². The molecule has 50 valence electrons. The summed E-state index contributed by atoms with van der Waals surface area (Å²) in [5.74, 6) is 5.11. The van der Waals surface area contributed by atoms with Gasteiger partial charge in [-0.15, -0.1) is 12.4 Å². The fourth-order valence-electron chi connectivity index (χ4n) is 0.514. The van der Waals surface area contributed by atoms with Crippen LogP contribution in [0.2, 0.25) is 1.41 Å². The lowest BCUT2D eigenvalue weighted by molar-refractivity contribution is 1.35. The summed E-state index contributed by atoms with van der Waals surface area (Å²) in [6, 6.07) is 9.10. The highest BCUT2D eigenvalue weighted by Crippen LogP contribution is 2.00. The molecule has 0 saturated carbocycles. The standard InChI is InChI=1S/C6H8N2.ClH/c7-8-6-4-2-1-3-5-6;/h1-5,8H,7H2;1H/i/hD. The number of hydrogen-bond acceptors (Lipinski definition) is 2. The van der Waals surface area contributed by atoms with Gasteiger partial charge in [0.05, 0.1) is 0 Å². The number of hydrazine groups is 1. The minimum absolute atomic E-state index is 0. The summed E-state index contributed by atoms with van der Waals surface area (Å²) in [6.07, 6.45) is 0. The third-order valence-corrected chi connectivity index (χ3v) is 0.905. The highest BCUT2D eigenvalue weighted by Gasteiger charge is 1.78. The average molecular weight is 146 g/mol.